The summed E-state index contributed by atoms with van der Waals surface area (Å²) >= 11 is 0. The van der Waals surface area contributed by atoms with Crippen LogP contribution in [0.1, 0.15) is 30.9 Å². The van der Waals surface area contributed by atoms with Crippen LogP contribution in [0, 0.1) is 12.7 Å². The number of aryl methyl sites for hydroxylation is 1. The fourth-order valence-corrected chi connectivity index (χ4v) is 2.54. The highest BCUT2D eigenvalue weighted by Gasteiger charge is 2.28. The van der Waals surface area contributed by atoms with Gasteiger partial charge in [-0.15, -0.1) is 0 Å². The molecule has 1 aliphatic rings. The van der Waals surface area contributed by atoms with E-state index >= 15 is 0 Å². The Morgan fingerprint density at radius 2 is 2.24 bits per heavy atom. The van der Waals surface area contributed by atoms with Gasteiger partial charge in [-0.3, -0.25) is 4.90 Å². The van der Waals surface area contributed by atoms with Crippen LogP contribution in [-0.2, 0) is 6.54 Å². The van der Waals surface area contributed by atoms with E-state index in [0.717, 1.165) is 37.1 Å². The molecule has 0 aromatic heterocycles. The summed E-state index contributed by atoms with van der Waals surface area (Å²) in [6.07, 6.45) is 1.89. The van der Waals surface area contributed by atoms with Crippen molar-refractivity contribution in [1.29, 1.82) is 0 Å². The van der Waals surface area contributed by atoms with Crippen molar-refractivity contribution in [1.82, 2.24) is 4.90 Å². The smallest absolute Gasteiger partial charge is 0.123 e. The molecular weight excluding hydrogens is 217 g/mol. The molecule has 0 spiro atoms. The first kappa shape index (κ1) is 12.5. The van der Waals surface area contributed by atoms with E-state index in [1.807, 2.05) is 19.9 Å². The summed E-state index contributed by atoms with van der Waals surface area (Å²) in [5.41, 5.74) is 1.55. The van der Waals surface area contributed by atoms with Crippen molar-refractivity contribution in [3.63, 3.8) is 0 Å². The Balaban J connectivity index is 2.05. The Labute approximate surface area is 102 Å². The number of halogens is 1. The molecule has 1 aromatic carbocycles. The number of piperidine rings is 1. The average molecular weight is 237 g/mol. The van der Waals surface area contributed by atoms with Crippen LogP contribution in [0.3, 0.4) is 0 Å². The summed E-state index contributed by atoms with van der Waals surface area (Å²) in [4.78, 5) is 2.24. The lowest BCUT2D eigenvalue weighted by Gasteiger charge is -2.37. The predicted molar refractivity (Wildman–Crippen MR) is 66.3 cm³/mol. The maximum Gasteiger partial charge on any atom is 0.123 e. The van der Waals surface area contributed by atoms with E-state index in [-0.39, 0.29) is 5.82 Å². The molecule has 2 nitrogen and oxygen atoms in total. The number of β-amino-alcohol motifs (C(OH)–C–C–N with tert-alkyl or cyclic N) is 1. The monoisotopic (exact) mass is 237 g/mol. The number of nitrogens with zero attached hydrogens (tertiary/aromatic N) is 1. The van der Waals surface area contributed by atoms with Crippen molar-refractivity contribution < 1.29 is 9.50 Å². The lowest BCUT2D eigenvalue weighted by atomic mass is 9.94. The van der Waals surface area contributed by atoms with Gasteiger partial charge in [0.1, 0.15) is 5.82 Å². The van der Waals surface area contributed by atoms with E-state index < -0.39 is 5.60 Å². The summed E-state index contributed by atoms with van der Waals surface area (Å²) in [6, 6.07) is 4.91. The summed E-state index contributed by atoms with van der Waals surface area (Å²) in [6.45, 7) is 6.32. The zero-order valence-corrected chi connectivity index (χ0v) is 10.5. The van der Waals surface area contributed by atoms with Gasteiger partial charge in [-0.25, -0.2) is 4.39 Å². The van der Waals surface area contributed by atoms with Crippen LogP contribution in [0.15, 0.2) is 18.2 Å². The summed E-state index contributed by atoms with van der Waals surface area (Å²) in [5.74, 6) is -0.183. The third kappa shape index (κ3) is 3.27. The van der Waals surface area contributed by atoms with Gasteiger partial charge >= 0.3 is 0 Å². The summed E-state index contributed by atoms with van der Waals surface area (Å²) in [7, 11) is 0. The first-order valence-electron chi connectivity index (χ1n) is 6.16. The number of rotatable bonds is 2. The molecule has 0 aliphatic carbocycles. The minimum atomic E-state index is -0.577. The average Bonchev–Trinajstić information content (AvgIpc) is 2.21. The topological polar surface area (TPSA) is 23.5 Å². The molecule has 17 heavy (non-hydrogen) atoms. The maximum atomic E-state index is 13.0. The Hall–Kier alpha value is -0.930. The SMILES string of the molecule is Cc1cc(F)ccc1CN1CCCC(C)(O)C1. The van der Waals surface area contributed by atoms with E-state index in [0.29, 0.717) is 6.54 Å². The van der Waals surface area contributed by atoms with Crippen LogP contribution >= 0.6 is 0 Å². The number of hydrogen-bond donors (Lipinski definition) is 1. The molecule has 1 atom stereocenters. The van der Waals surface area contributed by atoms with Crippen LogP contribution in [0.25, 0.3) is 0 Å². The summed E-state index contributed by atoms with van der Waals surface area (Å²) in [5, 5.41) is 10.0. The van der Waals surface area contributed by atoms with Gasteiger partial charge < -0.3 is 5.11 Å². The number of aliphatic hydroxyl groups is 1. The second-order valence-electron chi connectivity index (χ2n) is 5.38. The molecule has 1 N–H and O–H groups in total. The lowest BCUT2D eigenvalue weighted by Crippen LogP contribution is -2.45. The van der Waals surface area contributed by atoms with Gasteiger partial charge in [-0.2, -0.15) is 0 Å². The van der Waals surface area contributed by atoms with Gasteiger partial charge in [0.15, 0.2) is 0 Å². The van der Waals surface area contributed by atoms with Crippen molar-refractivity contribution in [2.24, 2.45) is 0 Å². The molecule has 0 saturated carbocycles. The Bertz CT molecular complexity index is 403. The molecule has 94 valence electrons. The third-order valence-corrected chi connectivity index (χ3v) is 3.45. The molecular formula is C14H20FNO. The standard InChI is InChI=1S/C14H20FNO/c1-11-8-13(15)5-4-12(11)9-16-7-3-6-14(2,17)10-16/h4-5,8,17H,3,6-7,9-10H2,1-2H3. The number of hydrogen-bond acceptors (Lipinski definition) is 2. The maximum absolute atomic E-state index is 13.0. The molecule has 3 heteroatoms. The molecule has 1 saturated heterocycles. The molecule has 1 unspecified atom stereocenters. The molecule has 1 fully saturated rings. The van der Waals surface area contributed by atoms with Gasteiger partial charge in [0.05, 0.1) is 5.60 Å². The molecule has 1 aliphatic heterocycles. The predicted octanol–water partition coefficient (Wildman–Crippen LogP) is 2.48. The fraction of sp³-hybridized carbons (Fsp3) is 0.571. The molecule has 1 heterocycles. The Morgan fingerprint density at radius 1 is 1.47 bits per heavy atom. The van der Waals surface area contributed by atoms with Crippen LogP contribution in [0.5, 0.6) is 0 Å². The second kappa shape index (κ2) is 4.75. The van der Waals surface area contributed by atoms with Crippen molar-refractivity contribution in [3.8, 4) is 0 Å². The van der Waals surface area contributed by atoms with Crippen LogP contribution in [0.2, 0.25) is 0 Å². The van der Waals surface area contributed by atoms with E-state index in [2.05, 4.69) is 4.90 Å². The minimum Gasteiger partial charge on any atom is -0.389 e. The highest BCUT2D eigenvalue weighted by molar-refractivity contribution is 5.26. The Kier molecular flexibility index (Phi) is 3.50. The van der Waals surface area contributed by atoms with Crippen LogP contribution < -0.4 is 0 Å². The van der Waals surface area contributed by atoms with E-state index in [9.17, 15) is 9.50 Å². The van der Waals surface area contributed by atoms with Crippen LogP contribution in [-0.4, -0.2) is 28.7 Å². The van der Waals surface area contributed by atoms with Gasteiger partial charge in [0.25, 0.3) is 0 Å². The largest absolute Gasteiger partial charge is 0.389 e. The second-order valence-corrected chi connectivity index (χ2v) is 5.38. The molecule has 1 aromatic rings. The number of likely N-dealkylation sites (tertiary alicyclic amines) is 1. The van der Waals surface area contributed by atoms with Crippen molar-refractivity contribution in [3.05, 3.63) is 35.1 Å². The van der Waals surface area contributed by atoms with Crippen molar-refractivity contribution in [2.75, 3.05) is 13.1 Å². The normalized spacial score (nSPS) is 26.1. The minimum absolute atomic E-state index is 0.183. The third-order valence-electron chi connectivity index (χ3n) is 3.45. The quantitative estimate of drug-likeness (QED) is 0.854. The molecule has 2 rings (SSSR count). The lowest BCUT2D eigenvalue weighted by molar-refractivity contribution is -0.0182. The first-order chi connectivity index (χ1) is 7.96. The summed E-state index contributed by atoms with van der Waals surface area (Å²) < 4.78 is 13.0. The molecule has 0 bridgehead atoms. The zero-order valence-electron chi connectivity index (χ0n) is 10.5. The Morgan fingerprint density at radius 3 is 2.88 bits per heavy atom. The van der Waals surface area contributed by atoms with E-state index in [1.165, 1.54) is 6.07 Å². The highest BCUT2D eigenvalue weighted by atomic mass is 19.1. The van der Waals surface area contributed by atoms with Gasteiger partial charge in [0, 0.05) is 13.1 Å². The first-order valence-corrected chi connectivity index (χ1v) is 6.16. The van der Waals surface area contributed by atoms with Crippen LogP contribution in [0.4, 0.5) is 4.39 Å². The van der Waals surface area contributed by atoms with Gasteiger partial charge in [-0.1, -0.05) is 6.07 Å². The van der Waals surface area contributed by atoms with Crippen molar-refractivity contribution >= 4 is 0 Å². The highest BCUT2D eigenvalue weighted by Crippen LogP contribution is 2.22. The zero-order chi connectivity index (χ0) is 12.5. The van der Waals surface area contributed by atoms with E-state index in [4.69, 9.17) is 0 Å². The fourth-order valence-electron chi connectivity index (χ4n) is 2.54. The molecule has 0 amide bonds. The molecule has 0 radical (unpaired) electrons. The van der Waals surface area contributed by atoms with Crippen molar-refractivity contribution in [2.45, 2.75) is 38.8 Å². The number of benzene rings is 1. The van der Waals surface area contributed by atoms with Gasteiger partial charge in [-0.05, 0) is 56.5 Å². The van der Waals surface area contributed by atoms with Gasteiger partial charge in [0.2, 0.25) is 0 Å². The van der Waals surface area contributed by atoms with E-state index in [1.54, 1.807) is 6.07 Å².